The number of thioether (sulfide) groups is 1. The van der Waals surface area contributed by atoms with Crippen LogP contribution in [0, 0.1) is 0 Å². The Kier molecular flexibility index (Phi) is 5.07. The van der Waals surface area contributed by atoms with Crippen molar-refractivity contribution in [3.63, 3.8) is 0 Å². The lowest BCUT2D eigenvalue weighted by molar-refractivity contribution is -0.113. The second-order valence-electron chi connectivity index (χ2n) is 4.75. The second kappa shape index (κ2) is 7.60. The van der Waals surface area contributed by atoms with Crippen LogP contribution in [0.15, 0.2) is 59.8 Å². The number of hydrogen-bond acceptors (Lipinski definition) is 6. The third kappa shape index (κ3) is 3.72. The Morgan fingerprint density at radius 2 is 1.92 bits per heavy atom. The van der Waals surface area contributed by atoms with Gasteiger partial charge in [0.2, 0.25) is 11.1 Å². The number of methoxy groups -OCH3 is 1. The van der Waals surface area contributed by atoms with E-state index in [-0.39, 0.29) is 11.7 Å². The number of carbonyl (C=O) groups excluding carboxylic acids is 1. The molecule has 0 spiro atoms. The minimum Gasteiger partial charge on any atom is -0.494 e. The first-order valence-electron chi connectivity index (χ1n) is 7.17. The molecule has 3 aromatic rings. The van der Waals surface area contributed by atoms with Gasteiger partial charge in [-0.3, -0.25) is 4.79 Å². The van der Waals surface area contributed by atoms with Crippen LogP contribution in [0.2, 0.25) is 0 Å². The predicted molar refractivity (Wildman–Crippen MR) is 91.5 cm³/mol. The molecule has 0 aliphatic carbocycles. The van der Waals surface area contributed by atoms with Crippen molar-refractivity contribution in [2.24, 2.45) is 0 Å². The van der Waals surface area contributed by atoms with E-state index in [9.17, 15) is 4.79 Å². The molecule has 0 aliphatic heterocycles. The Bertz CT molecular complexity index is 822. The topological polar surface area (TPSA) is 81.9 Å². The van der Waals surface area contributed by atoms with Crippen LogP contribution >= 0.6 is 11.8 Å². The van der Waals surface area contributed by atoms with Gasteiger partial charge >= 0.3 is 0 Å². The van der Waals surface area contributed by atoms with Gasteiger partial charge < -0.3 is 10.1 Å². The maximum atomic E-state index is 12.0. The van der Waals surface area contributed by atoms with E-state index < -0.39 is 0 Å². The molecule has 0 saturated heterocycles. The summed E-state index contributed by atoms with van der Waals surface area (Å²) in [6, 6.07) is 16.7. The van der Waals surface area contributed by atoms with Gasteiger partial charge in [0.1, 0.15) is 11.4 Å². The Morgan fingerprint density at radius 3 is 2.71 bits per heavy atom. The Hall–Kier alpha value is -2.87. The summed E-state index contributed by atoms with van der Waals surface area (Å²) in [7, 11) is 1.59. The van der Waals surface area contributed by atoms with Crippen LogP contribution in [-0.4, -0.2) is 39.0 Å². The lowest BCUT2D eigenvalue weighted by Crippen LogP contribution is -2.14. The number of rotatable bonds is 6. The predicted octanol–water partition coefficient (Wildman–Crippen LogP) is 2.40. The molecule has 0 saturated carbocycles. The standard InChI is InChI=1S/C16H15N5O2S/c1-23-14-10-6-5-9-13(14)21-16(18-19-20-21)24-11-15(22)17-12-7-3-2-4-8-12/h2-10H,11H2,1H3,(H,17,22). The Morgan fingerprint density at radius 1 is 1.17 bits per heavy atom. The van der Waals surface area contributed by atoms with Crippen LogP contribution in [0.3, 0.4) is 0 Å². The summed E-state index contributed by atoms with van der Waals surface area (Å²) in [5.74, 6) is 0.728. The maximum Gasteiger partial charge on any atom is 0.234 e. The van der Waals surface area contributed by atoms with E-state index in [0.29, 0.717) is 10.9 Å². The zero-order chi connectivity index (χ0) is 16.8. The van der Waals surface area contributed by atoms with Crippen molar-refractivity contribution in [3.05, 3.63) is 54.6 Å². The van der Waals surface area contributed by atoms with Gasteiger partial charge in [-0.2, -0.15) is 4.68 Å². The van der Waals surface area contributed by atoms with Gasteiger partial charge in [0.05, 0.1) is 12.9 Å². The number of benzene rings is 2. The van der Waals surface area contributed by atoms with Gasteiger partial charge in [-0.25, -0.2) is 0 Å². The summed E-state index contributed by atoms with van der Waals surface area (Å²) in [6.07, 6.45) is 0. The number of anilines is 1. The fraction of sp³-hybridized carbons (Fsp3) is 0.125. The monoisotopic (exact) mass is 341 g/mol. The Balaban J connectivity index is 1.69. The summed E-state index contributed by atoms with van der Waals surface area (Å²) in [5, 5.41) is 15.0. The third-order valence-corrected chi connectivity index (χ3v) is 4.06. The van der Waals surface area contributed by atoms with Gasteiger partial charge in [0.15, 0.2) is 0 Å². The molecule has 3 rings (SSSR count). The molecule has 0 aliphatic rings. The highest BCUT2D eigenvalue weighted by Crippen LogP contribution is 2.25. The third-order valence-electron chi connectivity index (χ3n) is 3.14. The highest BCUT2D eigenvalue weighted by atomic mass is 32.2. The van der Waals surface area contributed by atoms with Gasteiger partial charge in [-0.05, 0) is 34.7 Å². The molecule has 1 heterocycles. The molecule has 2 aromatic carbocycles. The zero-order valence-corrected chi connectivity index (χ0v) is 13.7. The van der Waals surface area contributed by atoms with Crippen molar-refractivity contribution in [2.75, 3.05) is 18.2 Å². The fourth-order valence-corrected chi connectivity index (χ4v) is 2.76. The highest BCUT2D eigenvalue weighted by Gasteiger charge is 2.14. The van der Waals surface area contributed by atoms with Crippen LogP contribution in [-0.2, 0) is 4.79 Å². The first kappa shape index (κ1) is 16.0. The van der Waals surface area contributed by atoms with E-state index in [2.05, 4.69) is 20.8 Å². The van der Waals surface area contributed by atoms with Gasteiger partial charge in [0, 0.05) is 5.69 Å². The molecule has 0 radical (unpaired) electrons. The summed E-state index contributed by atoms with van der Waals surface area (Å²) in [4.78, 5) is 12.0. The van der Waals surface area contributed by atoms with E-state index >= 15 is 0 Å². The number of nitrogens with zero attached hydrogens (tertiary/aromatic N) is 4. The lowest BCUT2D eigenvalue weighted by atomic mass is 10.3. The molecular weight excluding hydrogens is 326 g/mol. The average Bonchev–Trinajstić information content (AvgIpc) is 3.09. The van der Waals surface area contributed by atoms with Crippen molar-refractivity contribution < 1.29 is 9.53 Å². The van der Waals surface area contributed by atoms with Crippen molar-refractivity contribution in [1.29, 1.82) is 0 Å². The van der Waals surface area contributed by atoms with Gasteiger partial charge in [-0.1, -0.05) is 42.1 Å². The number of para-hydroxylation sites is 3. The zero-order valence-electron chi connectivity index (χ0n) is 12.9. The number of aromatic nitrogens is 4. The lowest BCUT2D eigenvalue weighted by Gasteiger charge is -2.09. The maximum absolute atomic E-state index is 12.0. The number of nitrogens with one attached hydrogen (secondary N) is 1. The highest BCUT2D eigenvalue weighted by molar-refractivity contribution is 7.99. The molecule has 7 nitrogen and oxygen atoms in total. The van der Waals surface area contributed by atoms with Crippen LogP contribution in [0.4, 0.5) is 5.69 Å². The smallest absolute Gasteiger partial charge is 0.234 e. The molecule has 8 heteroatoms. The second-order valence-corrected chi connectivity index (χ2v) is 5.69. The molecule has 0 unspecified atom stereocenters. The van der Waals surface area contributed by atoms with E-state index in [1.807, 2.05) is 54.6 Å². The molecule has 1 N–H and O–H groups in total. The molecule has 0 atom stereocenters. The van der Waals surface area contributed by atoms with E-state index in [4.69, 9.17) is 4.74 Å². The summed E-state index contributed by atoms with van der Waals surface area (Å²) in [5.41, 5.74) is 1.48. The average molecular weight is 341 g/mol. The van der Waals surface area contributed by atoms with Gasteiger partial charge in [0.25, 0.3) is 0 Å². The summed E-state index contributed by atoms with van der Waals surface area (Å²) in [6.45, 7) is 0. The van der Waals surface area contributed by atoms with E-state index in [0.717, 1.165) is 11.4 Å². The number of hydrogen-bond donors (Lipinski definition) is 1. The fourth-order valence-electron chi connectivity index (χ4n) is 2.07. The summed E-state index contributed by atoms with van der Waals surface area (Å²) >= 11 is 1.25. The molecule has 24 heavy (non-hydrogen) atoms. The first-order chi connectivity index (χ1) is 11.8. The normalized spacial score (nSPS) is 10.4. The number of amides is 1. The number of ether oxygens (including phenoxy) is 1. The molecule has 0 bridgehead atoms. The van der Waals surface area contributed by atoms with Crippen LogP contribution in [0.5, 0.6) is 5.75 Å². The molecule has 1 amide bonds. The SMILES string of the molecule is COc1ccccc1-n1nnnc1SCC(=O)Nc1ccccc1. The minimum atomic E-state index is -0.124. The van der Waals surface area contributed by atoms with Crippen molar-refractivity contribution in [3.8, 4) is 11.4 Å². The van der Waals surface area contributed by atoms with Crippen LogP contribution in [0.25, 0.3) is 5.69 Å². The molecule has 0 fully saturated rings. The van der Waals surface area contributed by atoms with Crippen LogP contribution < -0.4 is 10.1 Å². The molecule has 122 valence electrons. The number of tetrazole rings is 1. The quantitative estimate of drug-likeness (QED) is 0.693. The van der Waals surface area contributed by atoms with Crippen molar-refractivity contribution in [2.45, 2.75) is 5.16 Å². The first-order valence-corrected chi connectivity index (χ1v) is 8.16. The summed E-state index contributed by atoms with van der Waals surface area (Å²) < 4.78 is 6.88. The Labute approximate surface area is 143 Å². The molecular formula is C16H15N5O2S. The van der Waals surface area contributed by atoms with E-state index in [1.54, 1.807) is 11.8 Å². The van der Waals surface area contributed by atoms with Crippen molar-refractivity contribution in [1.82, 2.24) is 20.2 Å². The van der Waals surface area contributed by atoms with E-state index in [1.165, 1.54) is 11.8 Å². The largest absolute Gasteiger partial charge is 0.494 e. The van der Waals surface area contributed by atoms with Crippen LogP contribution in [0.1, 0.15) is 0 Å². The minimum absolute atomic E-state index is 0.124. The van der Waals surface area contributed by atoms with Crippen molar-refractivity contribution >= 4 is 23.4 Å². The number of carbonyl (C=O) groups is 1. The van der Waals surface area contributed by atoms with Gasteiger partial charge in [-0.15, -0.1) is 5.10 Å². The molecule has 1 aromatic heterocycles.